The van der Waals surface area contributed by atoms with Crippen molar-refractivity contribution >= 4 is 50.5 Å². The van der Waals surface area contributed by atoms with Crippen LogP contribution in [0.15, 0.2) is 70.9 Å². The number of amides is 3. The molecule has 0 aliphatic carbocycles. The van der Waals surface area contributed by atoms with Crippen LogP contribution in [0.5, 0.6) is 5.75 Å². The molecule has 0 bridgehead atoms. The average Bonchev–Trinajstić information content (AvgIpc) is 3.45. The summed E-state index contributed by atoms with van der Waals surface area (Å²) >= 11 is 1.36. The highest BCUT2D eigenvalue weighted by Gasteiger charge is 2.47. The van der Waals surface area contributed by atoms with E-state index in [-0.39, 0.29) is 23.8 Å². The number of sulfonamides is 1. The molecule has 1 aliphatic heterocycles. The third-order valence-electron chi connectivity index (χ3n) is 5.55. The molecule has 1 N–H and O–H groups in total. The number of anilines is 2. The van der Waals surface area contributed by atoms with E-state index in [2.05, 4.69) is 5.32 Å². The third-order valence-corrected chi connectivity index (χ3v) is 8.28. The maximum absolute atomic E-state index is 13.7. The molecule has 9 nitrogen and oxygen atoms in total. The van der Waals surface area contributed by atoms with Crippen LogP contribution in [0.25, 0.3) is 0 Å². The smallest absolute Gasteiger partial charge is 0.252 e. The number of carbonyl (C=O) groups excluding carboxylic acids is 3. The molecule has 1 saturated heterocycles. The molecule has 1 unspecified atom stereocenters. The van der Waals surface area contributed by atoms with Gasteiger partial charge in [-0.1, -0.05) is 6.07 Å². The van der Waals surface area contributed by atoms with E-state index in [4.69, 9.17) is 4.74 Å². The third kappa shape index (κ3) is 5.32. The minimum absolute atomic E-state index is 0.0482. The molecule has 4 rings (SSSR count). The first-order chi connectivity index (χ1) is 17.2. The average molecular weight is 528 g/mol. The molecule has 2 heterocycles. The summed E-state index contributed by atoms with van der Waals surface area (Å²) < 4.78 is 34.0. The molecule has 1 atom stereocenters. The molecule has 1 fully saturated rings. The van der Waals surface area contributed by atoms with Gasteiger partial charge in [-0.3, -0.25) is 14.4 Å². The first kappa shape index (κ1) is 25.5. The van der Waals surface area contributed by atoms with Crippen molar-refractivity contribution in [2.45, 2.75) is 37.8 Å². The van der Waals surface area contributed by atoms with E-state index in [9.17, 15) is 22.8 Å². The van der Waals surface area contributed by atoms with Crippen LogP contribution in [0, 0.1) is 0 Å². The van der Waals surface area contributed by atoms with Crippen molar-refractivity contribution in [2.75, 3.05) is 16.8 Å². The van der Waals surface area contributed by atoms with Crippen molar-refractivity contribution in [1.82, 2.24) is 4.31 Å². The molecule has 36 heavy (non-hydrogen) atoms. The lowest BCUT2D eigenvalue weighted by atomic mass is 10.2. The van der Waals surface area contributed by atoms with Crippen LogP contribution < -0.4 is 15.0 Å². The second-order valence-corrected chi connectivity index (χ2v) is 11.0. The monoisotopic (exact) mass is 527 g/mol. The lowest BCUT2D eigenvalue weighted by Gasteiger charge is -2.26. The lowest BCUT2D eigenvalue weighted by Crippen LogP contribution is -2.44. The second-order valence-electron chi connectivity index (χ2n) is 8.05. The fourth-order valence-corrected chi connectivity index (χ4v) is 6.28. The van der Waals surface area contributed by atoms with E-state index in [0.29, 0.717) is 23.7 Å². The fourth-order valence-electron chi connectivity index (χ4n) is 3.94. The Kier molecular flexibility index (Phi) is 7.53. The maximum Gasteiger partial charge on any atom is 0.252 e. The van der Waals surface area contributed by atoms with E-state index in [1.165, 1.54) is 42.5 Å². The largest absolute Gasteiger partial charge is 0.494 e. The van der Waals surface area contributed by atoms with Crippen LogP contribution in [0.4, 0.5) is 11.4 Å². The summed E-state index contributed by atoms with van der Waals surface area (Å²) in [6.45, 7) is 3.62. The number of thiophene rings is 1. The van der Waals surface area contributed by atoms with E-state index in [1.54, 1.807) is 36.4 Å². The molecule has 0 radical (unpaired) electrons. The van der Waals surface area contributed by atoms with Gasteiger partial charge in [-0.15, -0.1) is 11.3 Å². The highest BCUT2D eigenvalue weighted by molar-refractivity contribution is 7.89. The molecule has 3 aromatic rings. The number of nitrogens with zero attached hydrogens (tertiary/aromatic N) is 2. The first-order valence-corrected chi connectivity index (χ1v) is 13.5. The Hall–Kier alpha value is -3.54. The topological polar surface area (TPSA) is 113 Å². The zero-order chi connectivity index (χ0) is 25.9. The van der Waals surface area contributed by atoms with Gasteiger partial charge in [0.25, 0.3) is 5.91 Å². The van der Waals surface area contributed by atoms with Crippen molar-refractivity contribution in [2.24, 2.45) is 0 Å². The summed E-state index contributed by atoms with van der Waals surface area (Å²) in [5.74, 6) is -0.781. The molecule has 2 aromatic carbocycles. The van der Waals surface area contributed by atoms with Crippen LogP contribution in [0.2, 0.25) is 0 Å². The van der Waals surface area contributed by atoms with E-state index in [0.717, 1.165) is 14.1 Å². The predicted octanol–water partition coefficient (Wildman–Crippen LogP) is 3.63. The Bertz CT molecular complexity index is 1350. The normalized spacial score (nSPS) is 16.0. The van der Waals surface area contributed by atoms with Gasteiger partial charge >= 0.3 is 0 Å². The molecular weight excluding hydrogens is 502 g/mol. The van der Waals surface area contributed by atoms with E-state index < -0.39 is 27.9 Å². The number of nitrogens with one attached hydrogen (secondary N) is 1. The summed E-state index contributed by atoms with van der Waals surface area (Å²) in [7, 11) is -4.17. The molecule has 0 spiro atoms. The number of rotatable bonds is 9. The van der Waals surface area contributed by atoms with Gasteiger partial charge in [-0.2, -0.15) is 4.31 Å². The summed E-state index contributed by atoms with van der Waals surface area (Å²) in [6.07, 6.45) is -0.277. The molecule has 0 saturated carbocycles. The maximum atomic E-state index is 13.7. The van der Waals surface area contributed by atoms with Gasteiger partial charge in [0.15, 0.2) is 0 Å². The summed E-state index contributed by atoms with van der Waals surface area (Å²) in [4.78, 5) is 39.4. The van der Waals surface area contributed by atoms with Gasteiger partial charge in [-0.25, -0.2) is 13.3 Å². The van der Waals surface area contributed by atoms with Crippen LogP contribution >= 0.6 is 11.3 Å². The minimum Gasteiger partial charge on any atom is -0.494 e. The molecule has 3 amide bonds. The summed E-state index contributed by atoms with van der Waals surface area (Å²) in [6, 6.07) is 14.6. The molecule has 188 valence electrons. The Morgan fingerprint density at radius 2 is 1.81 bits per heavy atom. The Balaban J connectivity index is 1.67. The Morgan fingerprint density at radius 3 is 2.39 bits per heavy atom. The number of imide groups is 1. The van der Waals surface area contributed by atoms with Gasteiger partial charge in [0, 0.05) is 24.0 Å². The van der Waals surface area contributed by atoms with Gasteiger partial charge in [0.1, 0.15) is 11.8 Å². The van der Waals surface area contributed by atoms with Crippen LogP contribution in [0.3, 0.4) is 0 Å². The van der Waals surface area contributed by atoms with Crippen LogP contribution in [0.1, 0.15) is 25.1 Å². The number of hydrogen-bond acceptors (Lipinski definition) is 7. The number of carbonyl (C=O) groups is 3. The standard InChI is InChI=1S/C25H25N3O6S2/c1-3-34-20-10-8-19(9-11-20)28-24(30)15-23(25(28)31)27(16-21-5-4-14-35-21)36(32,33)22-12-6-18(7-13-22)26-17(2)29/h4-14,23H,3,15-16H2,1-2H3,(H,26,29). The molecule has 11 heteroatoms. The zero-order valence-electron chi connectivity index (χ0n) is 19.7. The van der Waals surface area contributed by atoms with Crippen molar-refractivity contribution < 1.29 is 27.5 Å². The van der Waals surface area contributed by atoms with Gasteiger partial charge in [-0.05, 0) is 66.9 Å². The Labute approximate surface area is 213 Å². The second kappa shape index (κ2) is 10.6. The Morgan fingerprint density at radius 1 is 1.11 bits per heavy atom. The highest BCUT2D eigenvalue weighted by atomic mass is 32.2. The van der Waals surface area contributed by atoms with Gasteiger partial charge in [0.2, 0.25) is 21.8 Å². The SMILES string of the molecule is CCOc1ccc(N2C(=O)CC(N(Cc3cccs3)S(=O)(=O)c3ccc(NC(C)=O)cc3)C2=O)cc1. The van der Waals surface area contributed by atoms with Gasteiger partial charge < -0.3 is 10.1 Å². The first-order valence-electron chi connectivity index (χ1n) is 11.2. The van der Waals surface area contributed by atoms with Crippen molar-refractivity contribution in [3.05, 3.63) is 70.9 Å². The van der Waals surface area contributed by atoms with Crippen LogP contribution in [-0.2, 0) is 31.0 Å². The molecular formula is C25H25N3O6S2. The summed E-state index contributed by atoms with van der Waals surface area (Å²) in [5, 5.41) is 4.41. The van der Waals surface area contributed by atoms with E-state index in [1.807, 2.05) is 12.3 Å². The quantitative estimate of drug-likeness (QED) is 0.425. The fraction of sp³-hybridized carbons (Fsp3) is 0.240. The van der Waals surface area contributed by atoms with Crippen LogP contribution in [-0.4, -0.2) is 43.1 Å². The van der Waals surface area contributed by atoms with Crippen molar-refractivity contribution in [1.29, 1.82) is 0 Å². The molecule has 1 aromatic heterocycles. The number of ether oxygens (including phenoxy) is 1. The molecule has 1 aliphatic rings. The number of benzene rings is 2. The minimum atomic E-state index is -4.17. The zero-order valence-corrected chi connectivity index (χ0v) is 21.3. The lowest BCUT2D eigenvalue weighted by molar-refractivity contribution is -0.122. The summed E-state index contributed by atoms with van der Waals surface area (Å²) in [5.41, 5.74) is 0.795. The van der Waals surface area contributed by atoms with Gasteiger partial charge in [0.05, 0.1) is 23.6 Å². The van der Waals surface area contributed by atoms with E-state index >= 15 is 0 Å². The highest BCUT2D eigenvalue weighted by Crippen LogP contribution is 2.32. The predicted molar refractivity (Wildman–Crippen MR) is 136 cm³/mol. The van der Waals surface area contributed by atoms with Crippen molar-refractivity contribution in [3.8, 4) is 5.75 Å². The number of hydrogen-bond donors (Lipinski definition) is 1. The van der Waals surface area contributed by atoms with Crippen molar-refractivity contribution in [3.63, 3.8) is 0 Å².